The predicted molar refractivity (Wildman–Crippen MR) is 85.9 cm³/mol. The molecular formula is C18H20O5. The average molecular weight is 316 g/mol. The van der Waals surface area contributed by atoms with Crippen molar-refractivity contribution in [2.24, 2.45) is 0 Å². The van der Waals surface area contributed by atoms with Crippen molar-refractivity contribution < 1.29 is 23.7 Å². The minimum absolute atomic E-state index is 0.190. The lowest BCUT2D eigenvalue weighted by Crippen LogP contribution is -2.10. The van der Waals surface area contributed by atoms with Crippen LogP contribution in [0.15, 0.2) is 48.5 Å². The Morgan fingerprint density at radius 2 is 1.70 bits per heavy atom. The lowest BCUT2D eigenvalue weighted by Gasteiger charge is -2.11. The summed E-state index contributed by atoms with van der Waals surface area (Å²) in [5.41, 5.74) is 1.29. The molecule has 0 bridgehead atoms. The van der Waals surface area contributed by atoms with Crippen molar-refractivity contribution in [2.45, 2.75) is 6.61 Å². The number of hydrogen-bond donors (Lipinski definition) is 0. The smallest absolute Gasteiger partial charge is 0.342 e. The number of rotatable bonds is 8. The highest BCUT2D eigenvalue weighted by Crippen LogP contribution is 2.20. The highest BCUT2D eigenvalue weighted by Gasteiger charge is 2.13. The Kier molecular flexibility index (Phi) is 6.44. The molecule has 2 aromatic carbocycles. The molecule has 0 heterocycles. The highest BCUT2D eigenvalue weighted by molar-refractivity contribution is 5.92. The van der Waals surface area contributed by atoms with Gasteiger partial charge < -0.3 is 18.9 Å². The summed E-state index contributed by atoms with van der Waals surface area (Å²) in [4.78, 5) is 12.2. The first-order valence-corrected chi connectivity index (χ1v) is 7.25. The van der Waals surface area contributed by atoms with E-state index in [0.717, 1.165) is 11.3 Å². The Balaban J connectivity index is 1.96. The lowest BCUT2D eigenvalue weighted by molar-refractivity contribution is 0.0466. The van der Waals surface area contributed by atoms with Gasteiger partial charge in [0, 0.05) is 7.11 Å². The molecule has 0 aliphatic rings. The van der Waals surface area contributed by atoms with Crippen LogP contribution >= 0.6 is 0 Å². The molecular weight excluding hydrogens is 296 g/mol. The van der Waals surface area contributed by atoms with Crippen LogP contribution in [0.3, 0.4) is 0 Å². The number of benzene rings is 2. The van der Waals surface area contributed by atoms with E-state index in [4.69, 9.17) is 18.9 Å². The van der Waals surface area contributed by atoms with Crippen LogP contribution in [0, 0.1) is 0 Å². The van der Waals surface area contributed by atoms with Gasteiger partial charge in [-0.3, -0.25) is 0 Å². The first-order chi connectivity index (χ1) is 11.2. The number of methoxy groups -OCH3 is 2. The van der Waals surface area contributed by atoms with Gasteiger partial charge in [-0.05, 0) is 29.8 Å². The van der Waals surface area contributed by atoms with E-state index >= 15 is 0 Å². The minimum atomic E-state index is -0.422. The first-order valence-electron chi connectivity index (χ1n) is 7.25. The van der Waals surface area contributed by atoms with E-state index in [-0.39, 0.29) is 6.61 Å². The summed E-state index contributed by atoms with van der Waals surface area (Å²) in [7, 11) is 3.20. The Morgan fingerprint density at radius 1 is 0.957 bits per heavy atom. The fourth-order valence-corrected chi connectivity index (χ4v) is 1.94. The maximum absolute atomic E-state index is 12.2. The standard InChI is InChI=1S/C18H20O5/c1-20-11-12-22-17-6-4-3-5-16(17)18(19)23-13-14-7-9-15(21-2)10-8-14/h3-10H,11-13H2,1-2H3. The Morgan fingerprint density at radius 3 is 2.39 bits per heavy atom. The van der Waals surface area contributed by atoms with Gasteiger partial charge in [-0.1, -0.05) is 24.3 Å². The van der Waals surface area contributed by atoms with Crippen LogP contribution in [0.25, 0.3) is 0 Å². The molecule has 0 spiro atoms. The monoisotopic (exact) mass is 316 g/mol. The van der Waals surface area contributed by atoms with Gasteiger partial charge in [-0.15, -0.1) is 0 Å². The van der Waals surface area contributed by atoms with Crippen LogP contribution in [-0.4, -0.2) is 33.4 Å². The predicted octanol–water partition coefficient (Wildman–Crippen LogP) is 3.08. The molecule has 0 fully saturated rings. The summed E-state index contributed by atoms with van der Waals surface area (Å²) >= 11 is 0. The zero-order valence-corrected chi connectivity index (χ0v) is 13.3. The molecule has 0 aromatic heterocycles. The molecule has 0 aliphatic carbocycles. The fraction of sp³-hybridized carbons (Fsp3) is 0.278. The van der Waals surface area contributed by atoms with Gasteiger partial charge in [0.2, 0.25) is 0 Å². The number of carbonyl (C=O) groups is 1. The number of carbonyl (C=O) groups excluding carboxylic acids is 1. The van der Waals surface area contributed by atoms with Gasteiger partial charge >= 0.3 is 5.97 Å². The molecule has 2 rings (SSSR count). The summed E-state index contributed by atoms with van der Waals surface area (Å²) in [5, 5.41) is 0. The molecule has 0 amide bonds. The van der Waals surface area contributed by atoms with Crippen molar-refractivity contribution in [1.29, 1.82) is 0 Å². The zero-order chi connectivity index (χ0) is 16.5. The van der Waals surface area contributed by atoms with Gasteiger partial charge in [-0.2, -0.15) is 0 Å². The van der Waals surface area contributed by atoms with Crippen LogP contribution in [-0.2, 0) is 16.1 Å². The van der Waals surface area contributed by atoms with E-state index in [2.05, 4.69) is 0 Å². The molecule has 0 saturated heterocycles. The van der Waals surface area contributed by atoms with E-state index in [1.54, 1.807) is 32.4 Å². The molecule has 0 N–H and O–H groups in total. The fourth-order valence-electron chi connectivity index (χ4n) is 1.94. The minimum Gasteiger partial charge on any atom is -0.497 e. The summed E-state index contributed by atoms with van der Waals surface area (Å²) in [6.07, 6.45) is 0. The van der Waals surface area contributed by atoms with Gasteiger partial charge in [0.1, 0.15) is 30.3 Å². The van der Waals surface area contributed by atoms with Crippen LogP contribution < -0.4 is 9.47 Å². The number of ether oxygens (including phenoxy) is 4. The molecule has 23 heavy (non-hydrogen) atoms. The van der Waals surface area contributed by atoms with Crippen molar-refractivity contribution >= 4 is 5.97 Å². The van der Waals surface area contributed by atoms with Crippen LogP contribution in [0.4, 0.5) is 0 Å². The maximum atomic E-state index is 12.2. The summed E-state index contributed by atoms with van der Waals surface area (Å²) in [6, 6.07) is 14.4. The Labute approximate surface area is 135 Å². The third-order valence-corrected chi connectivity index (χ3v) is 3.18. The Bertz CT molecular complexity index is 622. The normalized spacial score (nSPS) is 10.2. The van der Waals surface area contributed by atoms with E-state index in [9.17, 15) is 4.79 Å². The summed E-state index contributed by atoms with van der Waals surface area (Å²) in [6.45, 7) is 1.02. The van der Waals surface area contributed by atoms with E-state index < -0.39 is 5.97 Å². The second kappa shape index (κ2) is 8.80. The lowest BCUT2D eigenvalue weighted by atomic mass is 10.2. The molecule has 0 saturated carbocycles. The van der Waals surface area contributed by atoms with Crippen LogP contribution in [0.5, 0.6) is 11.5 Å². The molecule has 122 valence electrons. The largest absolute Gasteiger partial charge is 0.497 e. The number of esters is 1. The molecule has 5 heteroatoms. The van der Waals surface area contributed by atoms with Crippen molar-refractivity contribution in [3.8, 4) is 11.5 Å². The van der Waals surface area contributed by atoms with Crippen molar-refractivity contribution in [1.82, 2.24) is 0 Å². The van der Waals surface area contributed by atoms with E-state index in [1.165, 1.54) is 0 Å². The summed E-state index contributed by atoms with van der Waals surface area (Å²) in [5.74, 6) is 0.829. The second-order valence-electron chi connectivity index (χ2n) is 4.76. The number of para-hydroxylation sites is 1. The van der Waals surface area contributed by atoms with Gasteiger partial charge in [0.05, 0.1) is 13.7 Å². The van der Waals surface area contributed by atoms with Crippen molar-refractivity contribution in [3.05, 3.63) is 59.7 Å². The number of hydrogen-bond acceptors (Lipinski definition) is 5. The van der Waals surface area contributed by atoms with E-state index in [0.29, 0.717) is 24.5 Å². The van der Waals surface area contributed by atoms with Gasteiger partial charge in [-0.25, -0.2) is 4.79 Å². The third-order valence-electron chi connectivity index (χ3n) is 3.18. The van der Waals surface area contributed by atoms with Gasteiger partial charge in [0.25, 0.3) is 0 Å². The second-order valence-corrected chi connectivity index (χ2v) is 4.76. The molecule has 5 nitrogen and oxygen atoms in total. The molecule has 0 unspecified atom stereocenters. The first kappa shape index (κ1) is 16.8. The van der Waals surface area contributed by atoms with Crippen molar-refractivity contribution in [2.75, 3.05) is 27.4 Å². The average Bonchev–Trinajstić information content (AvgIpc) is 2.61. The molecule has 2 aromatic rings. The zero-order valence-electron chi connectivity index (χ0n) is 13.3. The van der Waals surface area contributed by atoms with Crippen LogP contribution in [0.2, 0.25) is 0 Å². The maximum Gasteiger partial charge on any atom is 0.342 e. The highest BCUT2D eigenvalue weighted by atomic mass is 16.5. The van der Waals surface area contributed by atoms with Crippen LogP contribution in [0.1, 0.15) is 15.9 Å². The third kappa shape index (κ3) is 5.00. The van der Waals surface area contributed by atoms with E-state index in [1.807, 2.05) is 30.3 Å². The SMILES string of the molecule is COCCOc1ccccc1C(=O)OCc1ccc(OC)cc1. The Hall–Kier alpha value is -2.53. The van der Waals surface area contributed by atoms with Gasteiger partial charge in [0.15, 0.2) is 0 Å². The molecule has 0 atom stereocenters. The topological polar surface area (TPSA) is 54.0 Å². The molecule has 0 aliphatic heterocycles. The molecule has 0 radical (unpaired) electrons. The summed E-state index contributed by atoms with van der Waals surface area (Å²) < 4.78 is 20.9. The quantitative estimate of drug-likeness (QED) is 0.553. The van der Waals surface area contributed by atoms with Crippen molar-refractivity contribution in [3.63, 3.8) is 0 Å².